The Bertz CT molecular complexity index is 860. The molecule has 37 heavy (non-hydrogen) atoms. The summed E-state index contributed by atoms with van der Waals surface area (Å²) in [6.45, 7) is 0.743. The van der Waals surface area contributed by atoms with Crippen molar-refractivity contribution in [2.75, 3.05) is 12.3 Å². The number of unbranched alkanes of at least 4 members (excludes halogenated alkanes) is 9. The summed E-state index contributed by atoms with van der Waals surface area (Å²) < 4.78 is 0.719. The van der Waals surface area contributed by atoms with Gasteiger partial charge in [0.05, 0.1) is 12.1 Å². The third-order valence-corrected chi connectivity index (χ3v) is 8.46. The van der Waals surface area contributed by atoms with Gasteiger partial charge in [-0.05, 0) is 25.7 Å². The van der Waals surface area contributed by atoms with E-state index >= 15 is 0 Å². The van der Waals surface area contributed by atoms with Gasteiger partial charge in [-0.25, -0.2) is 9.59 Å². The number of amides is 3. The molecule has 3 amide bonds. The molecule has 3 rings (SSSR count). The number of urea groups is 1. The number of hydrogen-bond donors (Lipinski definition) is 5. The predicted octanol–water partition coefficient (Wildman–Crippen LogP) is 3.60. The van der Waals surface area contributed by atoms with Crippen molar-refractivity contribution in [2.45, 2.75) is 107 Å². The average Bonchev–Trinajstić information content (AvgIpc) is 3.52. The number of rotatable bonds is 18. The number of fused-ring (bicyclic) bond motifs is 1. The second-order valence-corrected chi connectivity index (χ2v) is 11.2. The summed E-state index contributed by atoms with van der Waals surface area (Å²) in [6, 6.07) is 2.96. The van der Waals surface area contributed by atoms with Crippen LogP contribution in [0.15, 0.2) is 12.1 Å². The molecule has 0 bridgehead atoms. The zero-order valence-electron chi connectivity index (χ0n) is 21.6. The Hall–Kier alpha value is -2.56. The molecule has 2 fully saturated rings. The van der Waals surface area contributed by atoms with Gasteiger partial charge in [0.2, 0.25) is 17.7 Å². The van der Waals surface area contributed by atoms with Crippen molar-refractivity contribution in [2.24, 2.45) is 0 Å². The summed E-state index contributed by atoms with van der Waals surface area (Å²) in [7, 11) is 0. The highest BCUT2D eigenvalue weighted by atomic mass is 32.2. The lowest BCUT2D eigenvalue weighted by atomic mass is 10.0. The Morgan fingerprint density at radius 2 is 1.54 bits per heavy atom. The highest BCUT2D eigenvalue weighted by molar-refractivity contribution is 8.00. The second-order valence-electron chi connectivity index (χ2n) is 9.96. The average molecular weight is 539 g/mol. The highest BCUT2D eigenvalue weighted by Gasteiger charge is 2.42. The molecule has 0 spiro atoms. The Balaban J connectivity index is 1.05. The van der Waals surface area contributed by atoms with Crippen LogP contribution in [0.3, 0.4) is 0 Å². The molecule has 0 aromatic carbocycles. The third kappa shape index (κ3) is 10.0. The van der Waals surface area contributed by atoms with E-state index in [4.69, 9.17) is 4.84 Å². The molecule has 5 N–H and O–H groups in total. The first kappa shape index (κ1) is 29.0. The quantitative estimate of drug-likeness (QED) is 0.142. The maximum atomic E-state index is 12.0. The van der Waals surface area contributed by atoms with E-state index in [0.717, 1.165) is 74.8 Å². The van der Waals surface area contributed by atoms with Gasteiger partial charge < -0.3 is 31.0 Å². The molecule has 0 saturated carbocycles. The molecule has 2 saturated heterocycles. The highest BCUT2D eigenvalue weighted by Crippen LogP contribution is 2.33. The van der Waals surface area contributed by atoms with Crippen molar-refractivity contribution < 1.29 is 29.4 Å². The van der Waals surface area contributed by atoms with Crippen molar-refractivity contribution in [1.29, 1.82) is 0 Å². The van der Waals surface area contributed by atoms with Gasteiger partial charge in [0, 0.05) is 42.5 Å². The molecule has 2 aliphatic rings. The van der Waals surface area contributed by atoms with Gasteiger partial charge >= 0.3 is 12.0 Å². The molecule has 1 aromatic heterocycles. The smallest absolute Gasteiger partial charge is 0.333 e. The molecular weight excluding hydrogens is 496 g/mol. The zero-order valence-corrected chi connectivity index (χ0v) is 22.4. The number of thioether (sulfide) groups is 1. The van der Waals surface area contributed by atoms with Gasteiger partial charge in [0.1, 0.15) is 0 Å². The zero-order chi connectivity index (χ0) is 26.5. The third-order valence-electron chi connectivity index (χ3n) is 6.95. The van der Waals surface area contributed by atoms with Crippen LogP contribution < -0.4 is 20.8 Å². The summed E-state index contributed by atoms with van der Waals surface area (Å²) in [5, 5.41) is 28.4. The van der Waals surface area contributed by atoms with Crippen LogP contribution in [0.1, 0.15) is 89.9 Å². The molecule has 3 heterocycles. The number of aromatic hydroxyl groups is 2. The van der Waals surface area contributed by atoms with E-state index in [1.807, 2.05) is 11.8 Å². The van der Waals surface area contributed by atoms with Crippen LogP contribution in [-0.4, -0.2) is 62.5 Å². The lowest BCUT2D eigenvalue weighted by molar-refractivity contribution is -0.145. The lowest BCUT2D eigenvalue weighted by Gasteiger charge is -2.16. The minimum absolute atomic E-state index is 0.0489. The SMILES string of the molecule is O=C(CCCC[C@@H]1SC[C@@H]2NC(=O)N[C@@H]21)NCCCCCCCCCCCC(=O)On1c(O)ccc1O. The molecule has 0 unspecified atom stereocenters. The number of hydrogen-bond acceptors (Lipinski definition) is 7. The topological polar surface area (TPSA) is 142 Å². The molecule has 0 radical (unpaired) electrons. The van der Waals surface area contributed by atoms with E-state index < -0.39 is 5.97 Å². The summed E-state index contributed by atoms with van der Waals surface area (Å²) in [4.78, 5) is 40.2. The molecule has 208 valence electrons. The van der Waals surface area contributed by atoms with Gasteiger partial charge in [-0.15, -0.1) is 4.73 Å². The van der Waals surface area contributed by atoms with E-state index in [0.29, 0.717) is 11.7 Å². The molecule has 10 nitrogen and oxygen atoms in total. The van der Waals surface area contributed by atoms with Crippen LogP contribution >= 0.6 is 11.8 Å². The normalized spacial score (nSPS) is 20.3. The number of nitrogens with one attached hydrogen (secondary N) is 3. The minimum atomic E-state index is -0.479. The molecular formula is C26H42N4O6S. The van der Waals surface area contributed by atoms with E-state index in [1.54, 1.807) is 0 Å². The number of nitrogens with zero attached hydrogens (tertiary/aromatic N) is 1. The maximum absolute atomic E-state index is 12.0. The van der Waals surface area contributed by atoms with Crippen LogP contribution in [0.2, 0.25) is 0 Å². The molecule has 1 aromatic rings. The Kier molecular flexibility index (Phi) is 12.3. The van der Waals surface area contributed by atoms with E-state index in [9.17, 15) is 24.6 Å². The number of carbonyl (C=O) groups is 3. The van der Waals surface area contributed by atoms with Crippen molar-refractivity contribution in [3.63, 3.8) is 0 Å². The fourth-order valence-corrected chi connectivity index (χ4v) is 6.41. The Morgan fingerprint density at radius 1 is 0.919 bits per heavy atom. The first-order chi connectivity index (χ1) is 17.9. The summed E-state index contributed by atoms with van der Waals surface area (Å²) in [5.74, 6) is 0.0164. The lowest BCUT2D eigenvalue weighted by Crippen LogP contribution is -2.36. The molecule has 3 atom stereocenters. The van der Waals surface area contributed by atoms with Crippen LogP contribution in [0.5, 0.6) is 11.8 Å². The van der Waals surface area contributed by atoms with Gasteiger partial charge in [-0.1, -0.05) is 51.4 Å². The summed E-state index contributed by atoms with van der Waals surface area (Å²) in [6.07, 6.45) is 13.3. The van der Waals surface area contributed by atoms with Gasteiger partial charge in [-0.2, -0.15) is 11.8 Å². The van der Waals surface area contributed by atoms with E-state index in [2.05, 4.69) is 16.0 Å². The first-order valence-corrected chi connectivity index (χ1v) is 14.7. The maximum Gasteiger partial charge on any atom is 0.333 e. The van der Waals surface area contributed by atoms with Crippen LogP contribution in [0, 0.1) is 0 Å². The molecule has 11 heteroatoms. The molecule has 2 aliphatic heterocycles. The summed E-state index contributed by atoms with van der Waals surface area (Å²) >= 11 is 1.92. The predicted molar refractivity (Wildman–Crippen MR) is 142 cm³/mol. The first-order valence-electron chi connectivity index (χ1n) is 13.7. The Morgan fingerprint density at radius 3 is 2.24 bits per heavy atom. The Labute approximate surface area is 223 Å². The largest absolute Gasteiger partial charge is 0.492 e. The number of aromatic nitrogens is 1. The minimum Gasteiger partial charge on any atom is -0.492 e. The molecule has 0 aliphatic carbocycles. The monoisotopic (exact) mass is 538 g/mol. The van der Waals surface area contributed by atoms with Gasteiger partial charge in [0.15, 0.2) is 0 Å². The van der Waals surface area contributed by atoms with E-state index in [-0.39, 0.29) is 42.2 Å². The fraction of sp³-hybridized carbons (Fsp3) is 0.731. The van der Waals surface area contributed by atoms with Crippen LogP contribution in [-0.2, 0) is 9.59 Å². The van der Waals surface area contributed by atoms with Crippen LogP contribution in [0.4, 0.5) is 4.79 Å². The summed E-state index contributed by atoms with van der Waals surface area (Å²) in [5.41, 5.74) is 0. The van der Waals surface area contributed by atoms with Crippen molar-refractivity contribution in [3.8, 4) is 11.8 Å². The van der Waals surface area contributed by atoms with Gasteiger partial charge in [0.25, 0.3) is 0 Å². The second kappa shape index (κ2) is 15.6. The number of carbonyl (C=O) groups excluding carboxylic acids is 3. The fourth-order valence-electron chi connectivity index (χ4n) is 4.86. The van der Waals surface area contributed by atoms with Crippen molar-refractivity contribution in [1.82, 2.24) is 20.7 Å². The van der Waals surface area contributed by atoms with Crippen LogP contribution in [0.25, 0.3) is 0 Å². The van der Waals surface area contributed by atoms with Crippen molar-refractivity contribution >= 4 is 29.7 Å². The van der Waals surface area contributed by atoms with E-state index in [1.165, 1.54) is 31.4 Å². The standard InChI is InChI=1S/C26H42N4O6S/c31-21(13-10-9-12-20-25-19(18-37-20)28-26(35)29-25)27-17-11-7-5-3-1-2-4-6-8-14-24(34)36-30-22(32)15-16-23(30)33/h15-16,19-20,25,32-33H,1-14,17-18H2,(H,27,31)(H2,28,29,35)/t19-,20-,25-/m0/s1. The van der Waals surface area contributed by atoms with Crippen molar-refractivity contribution in [3.05, 3.63) is 12.1 Å². The van der Waals surface area contributed by atoms with Gasteiger partial charge in [-0.3, -0.25) is 4.79 Å².